The average molecular weight is 508 g/mol. The van der Waals surface area contributed by atoms with Gasteiger partial charge in [-0.1, -0.05) is 36.4 Å². The minimum Gasteiger partial charge on any atom is -0.375 e. The van der Waals surface area contributed by atoms with E-state index in [1.54, 1.807) is 0 Å². The van der Waals surface area contributed by atoms with Gasteiger partial charge < -0.3 is 15.4 Å². The number of halogens is 1. The molecule has 0 radical (unpaired) electrons. The fourth-order valence-electron chi connectivity index (χ4n) is 2.84. The quantitative estimate of drug-likeness (QED) is 0.191. The van der Waals surface area contributed by atoms with Crippen molar-refractivity contribution in [2.45, 2.75) is 26.4 Å². The fraction of sp³-hybridized carbons (Fsp3) is 0.381. The minimum absolute atomic E-state index is 0. The third kappa shape index (κ3) is 7.62. The van der Waals surface area contributed by atoms with Crippen LogP contribution in [0.5, 0.6) is 0 Å². The number of pyridine rings is 1. The number of nitrogens with zero attached hydrogens (tertiary/aromatic N) is 4. The van der Waals surface area contributed by atoms with Crippen LogP contribution in [0.15, 0.2) is 59.7 Å². The van der Waals surface area contributed by atoms with Gasteiger partial charge in [-0.15, -0.1) is 34.2 Å². The van der Waals surface area contributed by atoms with Crippen molar-refractivity contribution < 1.29 is 4.74 Å². The molecule has 0 saturated heterocycles. The average Bonchev–Trinajstić information content (AvgIpc) is 3.15. The number of hydrogen-bond acceptors (Lipinski definition) is 4. The first-order valence-electron chi connectivity index (χ1n) is 9.79. The molecule has 29 heavy (non-hydrogen) atoms. The van der Waals surface area contributed by atoms with E-state index in [0.29, 0.717) is 19.8 Å². The number of rotatable bonds is 10. The summed E-state index contributed by atoms with van der Waals surface area (Å²) in [6.45, 7) is 5.58. The number of aliphatic imine (C=N–C) groups is 1. The summed E-state index contributed by atoms with van der Waals surface area (Å²) in [5, 5.41) is 15.0. The van der Waals surface area contributed by atoms with Crippen molar-refractivity contribution >= 4 is 35.6 Å². The first kappa shape index (κ1) is 23.1. The second kappa shape index (κ2) is 13.1. The molecule has 0 aliphatic carbocycles. The van der Waals surface area contributed by atoms with Crippen LogP contribution in [0.2, 0.25) is 0 Å². The molecule has 3 rings (SSSR count). The lowest BCUT2D eigenvalue weighted by Crippen LogP contribution is -2.39. The molecule has 0 amide bonds. The van der Waals surface area contributed by atoms with Gasteiger partial charge in [0, 0.05) is 32.3 Å². The molecule has 0 unspecified atom stereocenters. The predicted molar refractivity (Wildman–Crippen MR) is 127 cm³/mol. The number of guanidine groups is 1. The second-order valence-corrected chi connectivity index (χ2v) is 6.37. The maximum absolute atomic E-state index is 5.70. The molecular weight excluding hydrogens is 479 g/mol. The van der Waals surface area contributed by atoms with Gasteiger partial charge >= 0.3 is 0 Å². The largest absolute Gasteiger partial charge is 0.375 e. The molecule has 0 spiro atoms. The van der Waals surface area contributed by atoms with E-state index in [9.17, 15) is 0 Å². The number of fused-ring (bicyclic) bond motifs is 1. The first-order chi connectivity index (χ1) is 13.9. The molecule has 0 atom stereocenters. The van der Waals surface area contributed by atoms with Crippen LogP contribution in [0, 0.1) is 0 Å². The van der Waals surface area contributed by atoms with Gasteiger partial charge in [0.25, 0.3) is 0 Å². The number of aromatic nitrogens is 3. The number of aryl methyl sites for hydroxylation is 1. The van der Waals surface area contributed by atoms with Gasteiger partial charge in [0.15, 0.2) is 11.6 Å². The molecule has 3 aromatic rings. The highest BCUT2D eigenvalue weighted by Gasteiger charge is 2.04. The Balaban J connectivity index is 0.00000300. The second-order valence-electron chi connectivity index (χ2n) is 6.37. The Kier molecular flexibility index (Phi) is 10.4. The smallest absolute Gasteiger partial charge is 0.191 e. The van der Waals surface area contributed by atoms with Crippen LogP contribution >= 0.6 is 24.0 Å². The molecule has 2 heterocycles. The zero-order valence-corrected chi connectivity index (χ0v) is 19.1. The normalized spacial score (nSPS) is 11.3. The van der Waals surface area contributed by atoms with Crippen molar-refractivity contribution in [2.75, 3.05) is 26.2 Å². The summed E-state index contributed by atoms with van der Waals surface area (Å²) >= 11 is 0. The Morgan fingerprint density at radius 1 is 1.07 bits per heavy atom. The lowest BCUT2D eigenvalue weighted by Gasteiger charge is -2.11. The maximum atomic E-state index is 5.70. The Morgan fingerprint density at radius 3 is 2.72 bits per heavy atom. The monoisotopic (exact) mass is 508 g/mol. The standard InChI is InChI=1S/C21H28N6O.HI/c1-2-22-21(24-14-16-28-17-18-9-4-3-5-10-18)23-13-8-12-20-26-25-19-11-6-7-15-27(19)20;/h3-7,9-11,15H,2,8,12-14,16-17H2,1H3,(H2,22,23,24);1H. The van der Waals surface area contributed by atoms with Gasteiger partial charge in [0.05, 0.1) is 13.2 Å². The van der Waals surface area contributed by atoms with Crippen LogP contribution in [0.25, 0.3) is 5.65 Å². The van der Waals surface area contributed by atoms with Crippen molar-refractivity contribution in [3.8, 4) is 0 Å². The highest BCUT2D eigenvalue weighted by Crippen LogP contribution is 2.05. The zero-order chi connectivity index (χ0) is 19.4. The van der Waals surface area contributed by atoms with E-state index in [-0.39, 0.29) is 24.0 Å². The topological polar surface area (TPSA) is 75.8 Å². The molecule has 7 nitrogen and oxygen atoms in total. The summed E-state index contributed by atoms with van der Waals surface area (Å²) in [7, 11) is 0. The summed E-state index contributed by atoms with van der Waals surface area (Å²) in [6.07, 6.45) is 3.75. The fourth-order valence-corrected chi connectivity index (χ4v) is 2.84. The van der Waals surface area contributed by atoms with Gasteiger partial charge in [0.2, 0.25) is 0 Å². The lowest BCUT2D eigenvalue weighted by molar-refractivity contribution is 0.125. The van der Waals surface area contributed by atoms with Crippen LogP contribution < -0.4 is 10.6 Å². The number of nitrogens with one attached hydrogen (secondary N) is 2. The molecule has 0 saturated carbocycles. The number of benzene rings is 1. The summed E-state index contributed by atoms with van der Waals surface area (Å²) in [6, 6.07) is 16.1. The molecule has 1 aromatic carbocycles. The molecule has 0 aliphatic heterocycles. The van der Waals surface area contributed by atoms with Crippen molar-refractivity contribution in [3.05, 3.63) is 66.1 Å². The van der Waals surface area contributed by atoms with Crippen molar-refractivity contribution in [3.63, 3.8) is 0 Å². The van der Waals surface area contributed by atoms with Gasteiger partial charge in [-0.05, 0) is 31.0 Å². The summed E-state index contributed by atoms with van der Waals surface area (Å²) in [5.74, 6) is 1.79. The Labute approximate surface area is 189 Å². The van der Waals surface area contributed by atoms with E-state index in [4.69, 9.17) is 4.74 Å². The van der Waals surface area contributed by atoms with Crippen LogP contribution in [0.1, 0.15) is 24.7 Å². The zero-order valence-electron chi connectivity index (χ0n) is 16.8. The molecule has 0 fully saturated rings. The van der Waals surface area contributed by atoms with E-state index in [2.05, 4.69) is 44.9 Å². The van der Waals surface area contributed by atoms with E-state index >= 15 is 0 Å². The van der Waals surface area contributed by atoms with Crippen LogP contribution in [-0.2, 0) is 17.8 Å². The van der Waals surface area contributed by atoms with Gasteiger partial charge in [-0.3, -0.25) is 9.39 Å². The Morgan fingerprint density at radius 2 is 1.90 bits per heavy atom. The molecular formula is C21H29IN6O. The summed E-state index contributed by atoms with van der Waals surface area (Å²) in [5.41, 5.74) is 2.07. The third-order valence-corrected chi connectivity index (χ3v) is 4.21. The predicted octanol–water partition coefficient (Wildman–Crippen LogP) is 3.05. The third-order valence-electron chi connectivity index (χ3n) is 4.21. The lowest BCUT2D eigenvalue weighted by atomic mass is 10.2. The summed E-state index contributed by atoms with van der Waals surface area (Å²) < 4.78 is 7.73. The number of hydrogen-bond donors (Lipinski definition) is 2. The minimum atomic E-state index is 0. The maximum Gasteiger partial charge on any atom is 0.191 e. The van der Waals surface area contributed by atoms with Crippen molar-refractivity contribution in [2.24, 2.45) is 4.99 Å². The van der Waals surface area contributed by atoms with Crippen molar-refractivity contribution in [1.82, 2.24) is 25.2 Å². The van der Waals surface area contributed by atoms with Gasteiger partial charge in [-0.25, -0.2) is 0 Å². The molecule has 2 aromatic heterocycles. The van der Waals surface area contributed by atoms with Crippen LogP contribution in [0.3, 0.4) is 0 Å². The molecule has 8 heteroatoms. The van der Waals surface area contributed by atoms with Crippen LogP contribution in [0.4, 0.5) is 0 Å². The van der Waals surface area contributed by atoms with E-state index < -0.39 is 0 Å². The van der Waals surface area contributed by atoms with E-state index in [1.807, 2.05) is 47.0 Å². The van der Waals surface area contributed by atoms with Crippen LogP contribution in [-0.4, -0.2) is 46.8 Å². The Bertz CT molecular complexity index is 868. The van der Waals surface area contributed by atoms with E-state index in [0.717, 1.165) is 43.4 Å². The van der Waals surface area contributed by atoms with Gasteiger partial charge in [0.1, 0.15) is 5.82 Å². The Hall–Kier alpha value is -2.20. The highest BCUT2D eigenvalue weighted by atomic mass is 127. The first-order valence-corrected chi connectivity index (χ1v) is 9.79. The molecule has 2 N–H and O–H groups in total. The molecule has 156 valence electrons. The molecule has 0 aliphatic rings. The van der Waals surface area contributed by atoms with E-state index in [1.165, 1.54) is 5.56 Å². The SMILES string of the molecule is CCNC(=NCCCc1nnc2ccccn12)NCCOCc1ccccc1.I. The number of ether oxygens (including phenoxy) is 1. The summed E-state index contributed by atoms with van der Waals surface area (Å²) in [4.78, 5) is 4.63. The molecule has 0 bridgehead atoms. The van der Waals surface area contributed by atoms with Gasteiger partial charge in [-0.2, -0.15) is 0 Å². The highest BCUT2D eigenvalue weighted by molar-refractivity contribution is 14.0. The van der Waals surface area contributed by atoms with Crippen molar-refractivity contribution in [1.29, 1.82) is 0 Å².